The van der Waals surface area contributed by atoms with Crippen LogP contribution in [0, 0.1) is 5.82 Å². The third-order valence-electron chi connectivity index (χ3n) is 1.77. The molecule has 6 heteroatoms. The Kier molecular flexibility index (Phi) is 2.83. The topological polar surface area (TPSA) is 37.8 Å². The van der Waals surface area contributed by atoms with Gasteiger partial charge in [0, 0.05) is 7.05 Å². The molecule has 0 saturated carbocycles. The molecular weight excluding hydrogens is 237 g/mol. The van der Waals surface area contributed by atoms with E-state index >= 15 is 0 Å². The Hall–Kier alpha value is -1.20. The molecule has 0 spiro atoms. The summed E-state index contributed by atoms with van der Waals surface area (Å²) in [6.07, 6.45) is 1.14. The number of anilines is 1. The summed E-state index contributed by atoms with van der Waals surface area (Å²) in [4.78, 5) is 8.48. The molecule has 0 radical (unpaired) electrons. The Bertz CT molecular complexity index is 486. The van der Waals surface area contributed by atoms with Gasteiger partial charge in [0.1, 0.15) is 5.69 Å². The van der Waals surface area contributed by atoms with Gasteiger partial charge < -0.3 is 5.32 Å². The zero-order chi connectivity index (χ0) is 10.8. The maximum absolute atomic E-state index is 13.4. The van der Waals surface area contributed by atoms with Gasteiger partial charge in [-0.05, 0) is 12.1 Å². The van der Waals surface area contributed by atoms with E-state index in [-0.39, 0.29) is 5.69 Å². The number of halogens is 2. The lowest BCUT2D eigenvalue weighted by molar-refractivity contribution is 0.619. The maximum atomic E-state index is 13.4. The van der Waals surface area contributed by atoms with E-state index in [2.05, 4.69) is 15.3 Å². The lowest BCUT2D eigenvalue weighted by Crippen LogP contribution is -1.98. The van der Waals surface area contributed by atoms with Crippen molar-refractivity contribution in [2.24, 2.45) is 0 Å². The van der Waals surface area contributed by atoms with Crippen molar-refractivity contribution in [3.05, 3.63) is 28.5 Å². The van der Waals surface area contributed by atoms with Crippen LogP contribution in [-0.4, -0.2) is 17.0 Å². The number of nitrogens with one attached hydrogen (secondary N) is 1. The van der Waals surface area contributed by atoms with Crippen molar-refractivity contribution < 1.29 is 4.39 Å². The van der Waals surface area contributed by atoms with Gasteiger partial charge in [0.2, 0.25) is 5.95 Å². The van der Waals surface area contributed by atoms with Crippen LogP contribution >= 0.6 is 22.9 Å². The molecule has 0 unspecified atom stereocenters. The molecule has 0 aliphatic carbocycles. The van der Waals surface area contributed by atoms with Gasteiger partial charge in [0.25, 0.3) is 0 Å². The number of nitrogens with zero attached hydrogens (tertiary/aromatic N) is 2. The quantitative estimate of drug-likeness (QED) is 0.881. The summed E-state index contributed by atoms with van der Waals surface area (Å²) in [5.74, 6) is -0.0663. The standard InChI is InChI=1S/C9H7ClFN3S/c1-12-9-13-4-5(11)8(14-9)6-2-3-7(10)15-6/h2-4H,1H3,(H,12,13,14). The molecule has 2 heterocycles. The van der Waals surface area contributed by atoms with Crippen LogP contribution in [0.2, 0.25) is 4.34 Å². The first-order chi connectivity index (χ1) is 7.20. The van der Waals surface area contributed by atoms with Crippen LogP contribution in [0.15, 0.2) is 18.3 Å². The molecule has 0 fully saturated rings. The average Bonchev–Trinajstić information content (AvgIpc) is 2.65. The van der Waals surface area contributed by atoms with Crippen molar-refractivity contribution in [3.63, 3.8) is 0 Å². The molecular formula is C9H7ClFN3S. The predicted molar refractivity (Wildman–Crippen MR) is 59.9 cm³/mol. The zero-order valence-corrected chi connectivity index (χ0v) is 9.36. The Balaban J connectivity index is 2.51. The summed E-state index contributed by atoms with van der Waals surface area (Å²) in [7, 11) is 1.68. The van der Waals surface area contributed by atoms with E-state index in [1.54, 1.807) is 19.2 Å². The highest BCUT2D eigenvalue weighted by Crippen LogP contribution is 2.31. The molecule has 0 saturated heterocycles. The summed E-state index contributed by atoms with van der Waals surface area (Å²) < 4.78 is 14.0. The van der Waals surface area contributed by atoms with Gasteiger partial charge >= 0.3 is 0 Å². The Morgan fingerprint density at radius 1 is 1.47 bits per heavy atom. The van der Waals surface area contributed by atoms with E-state index in [0.29, 0.717) is 15.2 Å². The van der Waals surface area contributed by atoms with Crippen molar-refractivity contribution in [2.45, 2.75) is 0 Å². The van der Waals surface area contributed by atoms with Crippen molar-refractivity contribution in [2.75, 3.05) is 12.4 Å². The van der Waals surface area contributed by atoms with Crippen LogP contribution in [0.3, 0.4) is 0 Å². The molecule has 2 aromatic heterocycles. The second-order valence-electron chi connectivity index (χ2n) is 2.74. The van der Waals surface area contributed by atoms with Crippen molar-refractivity contribution in [1.29, 1.82) is 0 Å². The first-order valence-electron chi connectivity index (χ1n) is 4.16. The molecule has 2 aromatic rings. The SMILES string of the molecule is CNc1ncc(F)c(-c2ccc(Cl)s2)n1. The fourth-order valence-electron chi connectivity index (χ4n) is 1.10. The van der Waals surface area contributed by atoms with E-state index in [1.807, 2.05) is 0 Å². The highest BCUT2D eigenvalue weighted by atomic mass is 35.5. The van der Waals surface area contributed by atoms with Crippen molar-refractivity contribution in [1.82, 2.24) is 9.97 Å². The number of aromatic nitrogens is 2. The number of hydrogen-bond acceptors (Lipinski definition) is 4. The van der Waals surface area contributed by atoms with Crippen molar-refractivity contribution >= 4 is 28.9 Å². The van der Waals surface area contributed by atoms with Gasteiger partial charge in [0.05, 0.1) is 15.4 Å². The first-order valence-corrected chi connectivity index (χ1v) is 5.36. The van der Waals surface area contributed by atoms with Gasteiger partial charge in [-0.3, -0.25) is 0 Å². The number of hydrogen-bond donors (Lipinski definition) is 1. The molecule has 3 nitrogen and oxygen atoms in total. The van der Waals surface area contributed by atoms with Gasteiger partial charge in [-0.2, -0.15) is 0 Å². The van der Waals surface area contributed by atoms with Gasteiger partial charge in [-0.1, -0.05) is 11.6 Å². The second kappa shape index (κ2) is 4.12. The minimum atomic E-state index is -0.451. The molecule has 0 aliphatic heterocycles. The smallest absolute Gasteiger partial charge is 0.223 e. The third kappa shape index (κ3) is 2.08. The highest BCUT2D eigenvalue weighted by Gasteiger charge is 2.10. The lowest BCUT2D eigenvalue weighted by Gasteiger charge is -2.01. The number of thiophene rings is 1. The van der Waals surface area contributed by atoms with E-state index in [4.69, 9.17) is 11.6 Å². The molecule has 1 N–H and O–H groups in total. The second-order valence-corrected chi connectivity index (χ2v) is 4.46. The molecule has 15 heavy (non-hydrogen) atoms. The van der Waals surface area contributed by atoms with E-state index < -0.39 is 5.82 Å². The fourth-order valence-corrected chi connectivity index (χ4v) is 2.14. The van der Waals surface area contributed by atoms with Crippen LogP contribution in [0.25, 0.3) is 10.6 Å². The monoisotopic (exact) mass is 243 g/mol. The Labute approximate surface area is 95.0 Å². The van der Waals surface area contributed by atoms with Crippen LogP contribution in [0.1, 0.15) is 0 Å². The van der Waals surface area contributed by atoms with Gasteiger partial charge in [-0.25, -0.2) is 14.4 Å². The molecule has 2 rings (SSSR count). The largest absolute Gasteiger partial charge is 0.357 e. The van der Waals surface area contributed by atoms with Crippen LogP contribution in [-0.2, 0) is 0 Å². The van der Waals surface area contributed by atoms with Gasteiger partial charge in [0.15, 0.2) is 5.82 Å². The minimum Gasteiger partial charge on any atom is -0.357 e. The first kappa shape index (κ1) is 10.3. The van der Waals surface area contributed by atoms with Crippen LogP contribution in [0.4, 0.5) is 10.3 Å². The highest BCUT2D eigenvalue weighted by molar-refractivity contribution is 7.19. The summed E-state index contributed by atoms with van der Waals surface area (Å²) >= 11 is 7.05. The predicted octanol–water partition coefficient (Wildman–Crippen LogP) is 3.04. The van der Waals surface area contributed by atoms with Crippen LogP contribution < -0.4 is 5.32 Å². The molecule has 78 valence electrons. The fraction of sp³-hybridized carbons (Fsp3) is 0.111. The summed E-state index contributed by atoms with van der Waals surface area (Å²) in [5.41, 5.74) is 0.270. The molecule has 0 atom stereocenters. The molecule has 0 amide bonds. The summed E-state index contributed by atoms with van der Waals surface area (Å²) in [5, 5.41) is 2.75. The molecule has 0 bridgehead atoms. The zero-order valence-electron chi connectivity index (χ0n) is 7.79. The van der Waals surface area contributed by atoms with E-state index in [1.165, 1.54) is 11.3 Å². The Morgan fingerprint density at radius 3 is 2.87 bits per heavy atom. The normalized spacial score (nSPS) is 10.3. The maximum Gasteiger partial charge on any atom is 0.223 e. The van der Waals surface area contributed by atoms with Crippen molar-refractivity contribution in [3.8, 4) is 10.6 Å². The lowest BCUT2D eigenvalue weighted by atomic mass is 10.3. The average molecular weight is 244 g/mol. The van der Waals surface area contributed by atoms with E-state index in [9.17, 15) is 4.39 Å². The summed E-state index contributed by atoms with van der Waals surface area (Å²) in [6.45, 7) is 0. The summed E-state index contributed by atoms with van der Waals surface area (Å²) in [6, 6.07) is 3.44. The van der Waals surface area contributed by atoms with E-state index in [0.717, 1.165) is 6.20 Å². The third-order valence-corrected chi connectivity index (χ3v) is 3.01. The van der Waals surface area contributed by atoms with Crippen LogP contribution in [0.5, 0.6) is 0 Å². The minimum absolute atomic E-state index is 0.270. The Morgan fingerprint density at radius 2 is 2.27 bits per heavy atom. The number of rotatable bonds is 2. The van der Waals surface area contributed by atoms with Gasteiger partial charge in [-0.15, -0.1) is 11.3 Å². The molecule has 0 aromatic carbocycles. The molecule has 0 aliphatic rings.